The zero-order valence-corrected chi connectivity index (χ0v) is 12.8. The number of piperidine rings is 1. The van der Waals surface area contributed by atoms with Crippen molar-refractivity contribution >= 4 is 0 Å². The minimum atomic E-state index is 0.787. The first kappa shape index (κ1) is 14.3. The van der Waals surface area contributed by atoms with Crippen molar-refractivity contribution in [3.63, 3.8) is 0 Å². The number of hydrogen-bond acceptors (Lipinski definition) is 2. The van der Waals surface area contributed by atoms with Gasteiger partial charge in [0.05, 0.1) is 0 Å². The van der Waals surface area contributed by atoms with Gasteiger partial charge >= 0.3 is 0 Å². The predicted molar refractivity (Wildman–Crippen MR) is 78.8 cm³/mol. The molecular weight excluding hydrogens is 220 g/mol. The second-order valence-electron chi connectivity index (χ2n) is 6.87. The summed E-state index contributed by atoms with van der Waals surface area (Å²) >= 11 is 0. The Bertz CT molecular complexity index is 253. The molecule has 5 unspecified atom stereocenters. The van der Waals surface area contributed by atoms with E-state index in [1.54, 1.807) is 0 Å². The van der Waals surface area contributed by atoms with Crippen LogP contribution in [0.1, 0.15) is 59.8 Å². The van der Waals surface area contributed by atoms with Gasteiger partial charge in [-0.3, -0.25) is 4.90 Å². The molecule has 18 heavy (non-hydrogen) atoms. The first-order valence-corrected chi connectivity index (χ1v) is 8.11. The summed E-state index contributed by atoms with van der Waals surface area (Å²) in [6, 6.07) is 2.42. The summed E-state index contributed by atoms with van der Waals surface area (Å²) in [7, 11) is 0. The smallest absolute Gasteiger partial charge is 0.0114 e. The highest BCUT2D eigenvalue weighted by atomic mass is 15.2. The topological polar surface area (TPSA) is 15.3 Å². The standard InChI is InChI=1S/C16H32N2/c1-5-8-17-15-6-7-16(10-15)18-11-12(2)9-13(3)14(18)4/h12-17H,5-11H2,1-4H3. The molecule has 5 atom stereocenters. The number of nitrogens with zero attached hydrogens (tertiary/aromatic N) is 1. The summed E-state index contributed by atoms with van der Waals surface area (Å²) in [6.45, 7) is 12.1. The fourth-order valence-electron chi connectivity index (χ4n) is 4.03. The Morgan fingerprint density at radius 2 is 1.89 bits per heavy atom. The molecule has 2 nitrogen and oxygen atoms in total. The van der Waals surface area contributed by atoms with Crippen LogP contribution < -0.4 is 5.32 Å². The van der Waals surface area contributed by atoms with Crippen molar-refractivity contribution in [2.24, 2.45) is 11.8 Å². The van der Waals surface area contributed by atoms with Crippen LogP contribution in [0.25, 0.3) is 0 Å². The van der Waals surface area contributed by atoms with Crippen molar-refractivity contribution in [2.45, 2.75) is 77.9 Å². The van der Waals surface area contributed by atoms with Gasteiger partial charge in [-0.05, 0) is 57.4 Å². The van der Waals surface area contributed by atoms with E-state index in [9.17, 15) is 0 Å². The molecular formula is C16H32N2. The summed E-state index contributed by atoms with van der Waals surface area (Å²) in [5, 5.41) is 3.71. The highest BCUT2D eigenvalue weighted by molar-refractivity contribution is 4.92. The number of rotatable bonds is 4. The lowest BCUT2D eigenvalue weighted by Gasteiger charge is -2.44. The van der Waals surface area contributed by atoms with Crippen LogP contribution in [-0.4, -0.2) is 36.1 Å². The van der Waals surface area contributed by atoms with Crippen LogP contribution in [0.5, 0.6) is 0 Å². The average Bonchev–Trinajstić information content (AvgIpc) is 2.79. The first-order valence-electron chi connectivity index (χ1n) is 8.11. The monoisotopic (exact) mass is 252 g/mol. The Hall–Kier alpha value is -0.0800. The number of nitrogens with one attached hydrogen (secondary N) is 1. The molecule has 2 fully saturated rings. The molecule has 1 saturated carbocycles. The van der Waals surface area contributed by atoms with E-state index in [4.69, 9.17) is 0 Å². The van der Waals surface area contributed by atoms with Crippen LogP contribution in [-0.2, 0) is 0 Å². The molecule has 1 heterocycles. The molecule has 2 aliphatic rings. The molecule has 0 bridgehead atoms. The molecule has 1 N–H and O–H groups in total. The molecule has 2 rings (SSSR count). The Balaban J connectivity index is 1.87. The Morgan fingerprint density at radius 1 is 1.11 bits per heavy atom. The lowest BCUT2D eigenvalue weighted by Crippen LogP contribution is -2.50. The Kier molecular flexibility index (Phi) is 5.08. The molecule has 0 spiro atoms. The maximum atomic E-state index is 3.71. The fraction of sp³-hybridized carbons (Fsp3) is 1.00. The summed E-state index contributed by atoms with van der Waals surface area (Å²) in [6.07, 6.45) is 6.85. The van der Waals surface area contributed by atoms with E-state index in [0.717, 1.165) is 30.0 Å². The SMILES string of the molecule is CCCNC1CCC(N2CC(C)CC(C)C2C)C1. The third-order valence-electron chi connectivity index (χ3n) is 5.20. The molecule has 2 heteroatoms. The summed E-state index contributed by atoms with van der Waals surface area (Å²) in [4.78, 5) is 2.83. The van der Waals surface area contributed by atoms with Gasteiger partial charge in [0.2, 0.25) is 0 Å². The summed E-state index contributed by atoms with van der Waals surface area (Å²) in [5.41, 5.74) is 0. The predicted octanol–water partition coefficient (Wildman–Crippen LogP) is 3.27. The molecule has 0 aromatic heterocycles. The molecule has 0 aromatic rings. The molecule has 106 valence electrons. The second-order valence-corrected chi connectivity index (χ2v) is 6.87. The second kappa shape index (κ2) is 6.38. The summed E-state index contributed by atoms with van der Waals surface area (Å²) in [5.74, 6) is 1.76. The van der Waals surface area contributed by atoms with Gasteiger partial charge in [0, 0.05) is 24.7 Å². The van der Waals surface area contributed by atoms with Gasteiger partial charge in [-0.2, -0.15) is 0 Å². The van der Waals surface area contributed by atoms with E-state index < -0.39 is 0 Å². The van der Waals surface area contributed by atoms with E-state index >= 15 is 0 Å². The number of hydrogen-bond donors (Lipinski definition) is 1. The van der Waals surface area contributed by atoms with Crippen LogP contribution in [0.3, 0.4) is 0 Å². The van der Waals surface area contributed by atoms with Crippen molar-refractivity contribution in [2.75, 3.05) is 13.1 Å². The zero-order valence-electron chi connectivity index (χ0n) is 12.8. The van der Waals surface area contributed by atoms with E-state index in [-0.39, 0.29) is 0 Å². The molecule has 1 aliphatic carbocycles. The summed E-state index contributed by atoms with van der Waals surface area (Å²) < 4.78 is 0. The highest BCUT2D eigenvalue weighted by Crippen LogP contribution is 2.33. The van der Waals surface area contributed by atoms with Crippen molar-refractivity contribution < 1.29 is 0 Å². The van der Waals surface area contributed by atoms with Gasteiger partial charge in [0.1, 0.15) is 0 Å². The van der Waals surface area contributed by atoms with Crippen molar-refractivity contribution in [1.29, 1.82) is 0 Å². The van der Waals surface area contributed by atoms with Gasteiger partial charge in [-0.1, -0.05) is 20.8 Å². The molecule has 1 aliphatic heterocycles. The van der Waals surface area contributed by atoms with Crippen molar-refractivity contribution in [3.05, 3.63) is 0 Å². The first-order chi connectivity index (χ1) is 8.61. The zero-order chi connectivity index (χ0) is 13.1. The van der Waals surface area contributed by atoms with E-state index in [0.29, 0.717) is 0 Å². The van der Waals surface area contributed by atoms with E-state index in [1.807, 2.05) is 0 Å². The minimum Gasteiger partial charge on any atom is -0.314 e. The van der Waals surface area contributed by atoms with Gasteiger partial charge in [0.15, 0.2) is 0 Å². The maximum Gasteiger partial charge on any atom is 0.0114 e. The van der Waals surface area contributed by atoms with Gasteiger partial charge in [-0.15, -0.1) is 0 Å². The molecule has 0 amide bonds. The van der Waals surface area contributed by atoms with Gasteiger partial charge < -0.3 is 5.32 Å². The fourth-order valence-corrected chi connectivity index (χ4v) is 4.03. The molecule has 0 radical (unpaired) electrons. The Labute approximate surface area is 114 Å². The van der Waals surface area contributed by atoms with Crippen molar-refractivity contribution in [1.82, 2.24) is 10.2 Å². The lowest BCUT2D eigenvalue weighted by molar-refractivity contribution is 0.0416. The molecule has 1 saturated heterocycles. The quantitative estimate of drug-likeness (QED) is 0.826. The number of likely N-dealkylation sites (tertiary alicyclic amines) is 1. The van der Waals surface area contributed by atoms with Crippen LogP contribution in [0.2, 0.25) is 0 Å². The maximum absolute atomic E-state index is 3.71. The minimum absolute atomic E-state index is 0.787. The van der Waals surface area contributed by atoms with E-state index in [2.05, 4.69) is 37.9 Å². The van der Waals surface area contributed by atoms with Crippen LogP contribution >= 0.6 is 0 Å². The normalized spacial score (nSPS) is 42.3. The van der Waals surface area contributed by atoms with Gasteiger partial charge in [0.25, 0.3) is 0 Å². The van der Waals surface area contributed by atoms with E-state index in [1.165, 1.54) is 45.2 Å². The largest absolute Gasteiger partial charge is 0.314 e. The Morgan fingerprint density at radius 3 is 2.61 bits per heavy atom. The average molecular weight is 252 g/mol. The lowest BCUT2D eigenvalue weighted by atomic mass is 9.85. The van der Waals surface area contributed by atoms with Crippen molar-refractivity contribution in [3.8, 4) is 0 Å². The molecule has 0 aromatic carbocycles. The van der Waals surface area contributed by atoms with Crippen LogP contribution in [0, 0.1) is 11.8 Å². The third-order valence-corrected chi connectivity index (χ3v) is 5.20. The third kappa shape index (κ3) is 3.27. The van der Waals surface area contributed by atoms with Crippen LogP contribution in [0.15, 0.2) is 0 Å². The van der Waals surface area contributed by atoms with Gasteiger partial charge in [-0.25, -0.2) is 0 Å². The van der Waals surface area contributed by atoms with Crippen LogP contribution in [0.4, 0.5) is 0 Å². The highest BCUT2D eigenvalue weighted by Gasteiger charge is 2.36.